The van der Waals surface area contributed by atoms with Crippen LogP contribution in [0.15, 0.2) is 0 Å². The van der Waals surface area contributed by atoms with Gasteiger partial charge in [0.05, 0.1) is 0 Å². The van der Waals surface area contributed by atoms with E-state index in [0.717, 1.165) is 18.4 Å². The largest absolute Gasteiger partial charge is 0.314 e. The third-order valence-electron chi connectivity index (χ3n) is 3.08. The van der Waals surface area contributed by atoms with E-state index in [0.29, 0.717) is 6.04 Å². The molecule has 0 aliphatic heterocycles. The van der Waals surface area contributed by atoms with Crippen molar-refractivity contribution in [1.82, 2.24) is 5.32 Å². The van der Waals surface area contributed by atoms with Crippen molar-refractivity contribution in [1.29, 1.82) is 0 Å². The molecule has 0 aromatic rings. The second kappa shape index (κ2) is 7.37. The first kappa shape index (κ1) is 13.0. The van der Waals surface area contributed by atoms with Gasteiger partial charge in [0.25, 0.3) is 0 Å². The van der Waals surface area contributed by atoms with Gasteiger partial charge in [0, 0.05) is 6.04 Å². The molecule has 0 aromatic carbocycles. The molecule has 1 N–H and O–H groups in total. The van der Waals surface area contributed by atoms with Crippen LogP contribution in [-0.2, 0) is 0 Å². The lowest BCUT2D eigenvalue weighted by Gasteiger charge is -2.22. The Morgan fingerprint density at radius 1 is 1.00 bits per heavy atom. The lowest BCUT2D eigenvalue weighted by molar-refractivity contribution is 0.316. The average molecular weight is 185 g/mol. The van der Waals surface area contributed by atoms with Gasteiger partial charge >= 0.3 is 0 Å². The molecule has 0 spiro atoms. The normalized spacial score (nSPS) is 18.2. The van der Waals surface area contributed by atoms with Gasteiger partial charge in [-0.25, -0.2) is 0 Å². The maximum absolute atomic E-state index is 3.54. The highest BCUT2D eigenvalue weighted by Gasteiger charge is 2.13. The van der Waals surface area contributed by atoms with Crippen molar-refractivity contribution in [3.05, 3.63) is 0 Å². The van der Waals surface area contributed by atoms with Crippen LogP contribution in [0.25, 0.3) is 0 Å². The van der Waals surface area contributed by atoms with Crippen LogP contribution < -0.4 is 5.32 Å². The topological polar surface area (TPSA) is 12.0 Å². The molecule has 3 atom stereocenters. The highest BCUT2D eigenvalue weighted by atomic mass is 14.9. The monoisotopic (exact) mass is 185 g/mol. The first-order valence-electron chi connectivity index (χ1n) is 5.85. The zero-order chi connectivity index (χ0) is 10.3. The molecule has 0 aliphatic rings. The zero-order valence-electron chi connectivity index (χ0n) is 10.1. The Hall–Kier alpha value is -0.0400. The van der Waals surface area contributed by atoms with E-state index >= 15 is 0 Å². The number of rotatable bonds is 7. The Bertz CT molecular complexity index is 112. The maximum Gasteiger partial charge on any atom is 0.00413 e. The van der Waals surface area contributed by atoms with E-state index in [-0.39, 0.29) is 0 Å². The predicted molar refractivity (Wildman–Crippen MR) is 61.0 cm³/mol. The summed E-state index contributed by atoms with van der Waals surface area (Å²) in [6.07, 6.45) is 3.86. The van der Waals surface area contributed by atoms with E-state index in [2.05, 4.69) is 39.9 Å². The zero-order valence-corrected chi connectivity index (χ0v) is 10.1. The van der Waals surface area contributed by atoms with E-state index in [1.807, 2.05) is 0 Å². The van der Waals surface area contributed by atoms with Crippen LogP contribution in [0.3, 0.4) is 0 Å². The summed E-state index contributed by atoms with van der Waals surface area (Å²) in [5.41, 5.74) is 0. The molecular weight excluding hydrogens is 158 g/mol. The van der Waals surface area contributed by atoms with Gasteiger partial charge in [-0.05, 0) is 38.1 Å². The molecule has 0 bridgehead atoms. The van der Waals surface area contributed by atoms with Crippen molar-refractivity contribution < 1.29 is 0 Å². The summed E-state index contributed by atoms with van der Waals surface area (Å²) in [6, 6.07) is 0.684. The van der Waals surface area contributed by atoms with E-state index in [1.54, 1.807) is 0 Å². The molecule has 0 fully saturated rings. The second-order valence-corrected chi connectivity index (χ2v) is 4.45. The van der Waals surface area contributed by atoms with Crippen molar-refractivity contribution in [3.63, 3.8) is 0 Å². The Kier molecular flexibility index (Phi) is 7.35. The first-order valence-corrected chi connectivity index (χ1v) is 5.85. The molecule has 1 heteroatoms. The summed E-state index contributed by atoms with van der Waals surface area (Å²) < 4.78 is 0. The van der Waals surface area contributed by atoms with Gasteiger partial charge in [0.2, 0.25) is 0 Å². The third-order valence-corrected chi connectivity index (χ3v) is 3.08. The molecule has 1 nitrogen and oxygen atoms in total. The standard InChI is InChI=1S/C12H27N/c1-6-8-13-12(5)9-11(4)10(3)7-2/h10-13H,6-9H2,1-5H3. The van der Waals surface area contributed by atoms with Crippen molar-refractivity contribution in [2.24, 2.45) is 11.8 Å². The van der Waals surface area contributed by atoms with Crippen LogP contribution in [-0.4, -0.2) is 12.6 Å². The van der Waals surface area contributed by atoms with E-state index < -0.39 is 0 Å². The van der Waals surface area contributed by atoms with Crippen molar-refractivity contribution >= 4 is 0 Å². The number of hydrogen-bond donors (Lipinski definition) is 1. The molecule has 0 radical (unpaired) electrons. The summed E-state index contributed by atoms with van der Waals surface area (Å²) >= 11 is 0. The lowest BCUT2D eigenvalue weighted by Crippen LogP contribution is -2.29. The van der Waals surface area contributed by atoms with E-state index in [9.17, 15) is 0 Å². The highest BCUT2D eigenvalue weighted by molar-refractivity contribution is 4.68. The SMILES string of the molecule is CCCNC(C)CC(C)C(C)CC. The van der Waals surface area contributed by atoms with Crippen LogP contribution >= 0.6 is 0 Å². The smallest absolute Gasteiger partial charge is 0.00413 e. The fourth-order valence-corrected chi connectivity index (χ4v) is 1.67. The van der Waals surface area contributed by atoms with Gasteiger partial charge < -0.3 is 5.32 Å². The second-order valence-electron chi connectivity index (χ2n) is 4.45. The van der Waals surface area contributed by atoms with Crippen molar-refractivity contribution in [2.45, 2.75) is 59.9 Å². The molecule has 3 unspecified atom stereocenters. The van der Waals surface area contributed by atoms with Crippen LogP contribution in [0.1, 0.15) is 53.9 Å². The Morgan fingerprint density at radius 2 is 1.62 bits per heavy atom. The van der Waals surface area contributed by atoms with Crippen LogP contribution in [0.2, 0.25) is 0 Å². The third kappa shape index (κ3) is 6.09. The van der Waals surface area contributed by atoms with Gasteiger partial charge in [-0.2, -0.15) is 0 Å². The summed E-state index contributed by atoms with van der Waals surface area (Å²) in [5, 5.41) is 3.54. The van der Waals surface area contributed by atoms with Crippen LogP contribution in [0, 0.1) is 11.8 Å². The van der Waals surface area contributed by atoms with E-state index in [1.165, 1.54) is 19.3 Å². The molecular formula is C12H27N. The fraction of sp³-hybridized carbons (Fsp3) is 1.00. The van der Waals surface area contributed by atoms with E-state index in [4.69, 9.17) is 0 Å². The average Bonchev–Trinajstić information content (AvgIpc) is 2.13. The van der Waals surface area contributed by atoms with Gasteiger partial charge in [-0.3, -0.25) is 0 Å². The summed E-state index contributed by atoms with van der Waals surface area (Å²) in [6.45, 7) is 12.7. The first-order chi connectivity index (χ1) is 6.11. The number of nitrogens with one attached hydrogen (secondary N) is 1. The Balaban J connectivity index is 3.57. The molecule has 13 heavy (non-hydrogen) atoms. The van der Waals surface area contributed by atoms with Gasteiger partial charge in [-0.15, -0.1) is 0 Å². The molecule has 0 heterocycles. The lowest BCUT2D eigenvalue weighted by atomic mass is 9.88. The minimum Gasteiger partial charge on any atom is -0.314 e. The van der Waals surface area contributed by atoms with Crippen molar-refractivity contribution in [2.75, 3.05) is 6.54 Å². The van der Waals surface area contributed by atoms with Crippen molar-refractivity contribution in [3.8, 4) is 0 Å². The fourth-order valence-electron chi connectivity index (χ4n) is 1.67. The molecule has 0 saturated heterocycles. The minimum atomic E-state index is 0.684. The maximum atomic E-state index is 3.54. The van der Waals surface area contributed by atoms with Gasteiger partial charge in [-0.1, -0.05) is 34.1 Å². The van der Waals surface area contributed by atoms with Crippen LogP contribution in [0.5, 0.6) is 0 Å². The summed E-state index contributed by atoms with van der Waals surface area (Å²) in [7, 11) is 0. The Labute approximate surface area is 84.3 Å². The van der Waals surface area contributed by atoms with Crippen LogP contribution in [0.4, 0.5) is 0 Å². The summed E-state index contributed by atoms with van der Waals surface area (Å²) in [5.74, 6) is 1.72. The molecule has 0 saturated carbocycles. The van der Waals surface area contributed by atoms with Gasteiger partial charge in [0.15, 0.2) is 0 Å². The quantitative estimate of drug-likeness (QED) is 0.640. The number of hydrogen-bond acceptors (Lipinski definition) is 1. The predicted octanol–water partition coefficient (Wildman–Crippen LogP) is 3.45. The molecule has 80 valence electrons. The molecule has 0 aliphatic carbocycles. The van der Waals surface area contributed by atoms with Gasteiger partial charge in [0.1, 0.15) is 0 Å². The Morgan fingerprint density at radius 3 is 2.08 bits per heavy atom. The molecule has 0 rings (SSSR count). The molecule has 0 aromatic heterocycles. The molecule has 0 amide bonds. The highest BCUT2D eigenvalue weighted by Crippen LogP contribution is 2.19. The summed E-state index contributed by atoms with van der Waals surface area (Å²) in [4.78, 5) is 0. The minimum absolute atomic E-state index is 0.684.